The maximum Gasteiger partial charge on any atom is 0.255 e. The molecule has 7 nitrogen and oxygen atoms in total. The van der Waals surface area contributed by atoms with Gasteiger partial charge in [0.05, 0.1) is 27.0 Å². The molecule has 0 saturated heterocycles. The number of ether oxygens (including phenoxy) is 3. The second kappa shape index (κ2) is 8.75. The van der Waals surface area contributed by atoms with Crippen molar-refractivity contribution in [1.29, 1.82) is 0 Å². The Morgan fingerprint density at radius 3 is 2.00 bits per heavy atom. The van der Waals surface area contributed by atoms with Gasteiger partial charge in [0.25, 0.3) is 5.91 Å². The van der Waals surface area contributed by atoms with E-state index in [1.807, 2.05) is 6.92 Å². The number of carbonyl (C=O) groups is 1. The van der Waals surface area contributed by atoms with Crippen molar-refractivity contribution >= 4 is 17.3 Å². The zero-order chi connectivity index (χ0) is 19.1. The number of hydrogen-bond donors (Lipinski definition) is 2. The van der Waals surface area contributed by atoms with Crippen molar-refractivity contribution in [2.24, 2.45) is 5.16 Å². The Labute approximate surface area is 152 Å². The van der Waals surface area contributed by atoms with Crippen molar-refractivity contribution in [3.05, 3.63) is 47.5 Å². The van der Waals surface area contributed by atoms with E-state index in [1.54, 1.807) is 36.4 Å². The Kier molecular flexibility index (Phi) is 6.43. The molecular formula is C19H22N2O5. The Bertz CT molecular complexity index is 775. The molecule has 0 aromatic heterocycles. The molecule has 0 spiro atoms. The fourth-order valence-electron chi connectivity index (χ4n) is 2.49. The topological polar surface area (TPSA) is 89.4 Å². The van der Waals surface area contributed by atoms with Crippen LogP contribution >= 0.6 is 0 Å². The molecule has 0 aliphatic carbocycles. The number of carbonyl (C=O) groups excluding carboxylic acids is 1. The molecular weight excluding hydrogens is 336 g/mol. The van der Waals surface area contributed by atoms with Crippen molar-refractivity contribution < 1.29 is 24.2 Å². The van der Waals surface area contributed by atoms with Crippen LogP contribution in [0, 0.1) is 0 Å². The second-order valence-corrected chi connectivity index (χ2v) is 5.35. The minimum absolute atomic E-state index is 0.316. The summed E-state index contributed by atoms with van der Waals surface area (Å²) in [6.07, 6.45) is 0.605. The lowest BCUT2D eigenvalue weighted by Crippen LogP contribution is -2.13. The van der Waals surface area contributed by atoms with Crippen LogP contribution in [0.4, 0.5) is 5.69 Å². The van der Waals surface area contributed by atoms with Crippen LogP contribution in [0.5, 0.6) is 17.2 Å². The summed E-state index contributed by atoms with van der Waals surface area (Å²) in [7, 11) is 4.49. The minimum Gasteiger partial charge on any atom is -0.493 e. The molecule has 2 rings (SSSR count). The molecule has 0 heterocycles. The highest BCUT2D eigenvalue weighted by Crippen LogP contribution is 2.38. The predicted molar refractivity (Wildman–Crippen MR) is 99.1 cm³/mol. The van der Waals surface area contributed by atoms with Crippen molar-refractivity contribution in [2.75, 3.05) is 26.6 Å². The van der Waals surface area contributed by atoms with Crippen molar-refractivity contribution in [1.82, 2.24) is 0 Å². The number of anilines is 1. The van der Waals surface area contributed by atoms with Crippen LogP contribution in [0.1, 0.15) is 29.3 Å². The second-order valence-electron chi connectivity index (χ2n) is 5.35. The summed E-state index contributed by atoms with van der Waals surface area (Å²) in [6, 6.07) is 10.2. The van der Waals surface area contributed by atoms with Crippen molar-refractivity contribution in [3.8, 4) is 17.2 Å². The van der Waals surface area contributed by atoms with Gasteiger partial charge in [-0.25, -0.2) is 0 Å². The summed E-state index contributed by atoms with van der Waals surface area (Å²) in [6.45, 7) is 1.90. The number of nitrogens with one attached hydrogen (secondary N) is 1. The predicted octanol–water partition coefficient (Wildman–Crippen LogP) is 3.55. The maximum absolute atomic E-state index is 12.6. The highest BCUT2D eigenvalue weighted by atomic mass is 16.5. The smallest absolute Gasteiger partial charge is 0.255 e. The van der Waals surface area contributed by atoms with E-state index >= 15 is 0 Å². The first-order chi connectivity index (χ1) is 12.6. The third-order valence-electron chi connectivity index (χ3n) is 3.86. The van der Waals surface area contributed by atoms with E-state index in [2.05, 4.69) is 10.5 Å². The summed E-state index contributed by atoms with van der Waals surface area (Å²) in [5, 5.41) is 15.0. The zero-order valence-corrected chi connectivity index (χ0v) is 15.2. The lowest BCUT2D eigenvalue weighted by molar-refractivity contribution is 0.102. The van der Waals surface area contributed by atoms with E-state index in [1.165, 1.54) is 21.3 Å². The van der Waals surface area contributed by atoms with Crippen molar-refractivity contribution in [2.45, 2.75) is 13.3 Å². The lowest BCUT2D eigenvalue weighted by Gasteiger charge is -2.14. The van der Waals surface area contributed by atoms with Crippen LogP contribution < -0.4 is 19.5 Å². The maximum atomic E-state index is 12.6. The highest BCUT2D eigenvalue weighted by Gasteiger charge is 2.17. The number of oxime groups is 1. The van der Waals surface area contributed by atoms with Gasteiger partial charge in [0.15, 0.2) is 11.5 Å². The van der Waals surface area contributed by atoms with E-state index in [0.29, 0.717) is 40.6 Å². The molecule has 2 aromatic rings. The molecule has 26 heavy (non-hydrogen) atoms. The van der Waals surface area contributed by atoms with Gasteiger partial charge in [-0.2, -0.15) is 0 Å². The molecule has 0 atom stereocenters. The van der Waals surface area contributed by atoms with Gasteiger partial charge in [0, 0.05) is 11.3 Å². The van der Waals surface area contributed by atoms with E-state index in [9.17, 15) is 4.79 Å². The van der Waals surface area contributed by atoms with Crippen molar-refractivity contribution in [3.63, 3.8) is 0 Å². The fourth-order valence-corrected chi connectivity index (χ4v) is 2.49. The molecule has 0 bridgehead atoms. The van der Waals surface area contributed by atoms with Crippen LogP contribution in [0.3, 0.4) is 0 Å². The third-order valence-corrected chi connectivity index (χ3v) is 3.86. The molecule has 138 valence electrons. The summed E-state index contributed by atoms with van der Waals surface area (Å²) in [4.78, 5) is 12.6. The van der Waals surface area contributed by atoms with Gasteiger partial charge in [-0.15, -0.1) is 0 Å². The first-order valence-corrected chi connectivity index (χ1v) is 8.00. The number of rotatable bonds is 7. The number of hydrogen-bond acceptors (Lipinski definition) is 6. The molecule has 0 aliphatic heterocycles. The first-order valence-electron chi connectivity index (χ1n) is 8.00. The van der Waals surface area contributed by atoms with E-state index in [4.69, 9.17) is 19.4 Å². The molecule has 7 heteroatoms. The molecule has 0 saturated carbocycles. The van der Waals surface area contributed by atoms with Crippen LogP contribution in [0.25, 0.3) is 0 Å². The number of methoxy groups -OCH3 is 3. The molecule has 2 aromatic carbocycles. The van der Waals surface area contributed by atoms with Gasteiger partial charge < -0.3 is 24.7 Å². The fraction of sp³-hybridized carbons (Fsp3) is 0.263. The monoisotopic (exact) mass is 358 g/mol. The van der Waals surface area contributed by atoms with Crippen LogP contribution in [-0.4, -0.2) is 38.2 Å². The standard InChI is InChI=1S/C19H22N2O5/c1-5-15(21-23)12-6-8-14(9-7-12)20-19(22)13-10-16(24-2)18(26-4)17(11-13)25-3/h6-11,23H,5H2,1-4H3,(H,20,22). The molecule has 0 radical (unpaired) electrons. The number of benzene rings is 2. The molecule has 0 aliphatic rings. The summed E-state index contributed by atoms with van der Waals surface area (Å²) < 4.78 is 15.8. The van der Waals surface area contributed by atoms with Crippen LogP contribution in [0.2, 0.25) is 0 Å². The van der Waals surface area contributed by atoms with Crippen LogP contribution in [-0.2, 0) is 0 Å². The average Bonchev–Trinajstić information content (AvgIpc) is 2.68. The van der Waals surface area contributed by atoms with Crippen LogP contribution in [0.15, 0.2) is 41.6 Å². The minimum atomic E-state index is -0.316. The van der Waals surface area contributed by atoms with Gasteiger partial charge in [-0.1, -0.05) is 24.2 Å². The van der Waals surface area contributed by atoms with Gasteiger partial charge >= 0.3 is 0 Å². The first kappa shape index (κ1) is 19.1. The van der Waals surface area contributed by atoms with E-state index < -0.39 is 0 Å². The van der Waals surface area contributed by atoms with Gasteiger partial charge in [0.2, 0.25) is 5.75 Å². The summed E-state index contributed by atoms with van der Waals surface area (Å²) in [5.41, 5.74) is 2.35. The SMILES string of the molecule is CCC(=NO)c1ccc(NC(=O)c2cc(OC)c(OC)c(OC)c2)cc1. The quantitative estimate of drug-likeness (QED) is 0.449. The van der Waals surface area contributed by atoms with Gasteiger partial charge in [0.1, 0.15) is 0 Å². The van der Waals surface area contributed by atoms with E-state index in [-0.39, 0.29) is 5.91 Å². The Morgan fingerprint density at radius 1 is 1.00 bits per heavy atom. The van der Waals surface area contributed by atoms with E-state index in [0.717, 1.165) is 5.56 Å². The highest BCUT2D eigenvalue weighted by molar-refractivity contribution is 6.05. The Balaban J connectivity index is 2.24. The largest absolute Gasteiger partial charge is 0.493 e. The summed E-state index contributed by atoms with van der Waals surface area (Å²) in [5.74, 6) is 0.910. The zero-order valence-electron chi connectivity index (χ0n) is 15.2. The average molecular weight is 358 g/mol. The molecule has 2 N–H and O–H groups in total. The molecule has 1 amide bonds. The Morgan fingerprint density at radius 2 is 1.58 bits per heavy atom. The molecule has 0 fully saturated rings. The molecule has 0 unspecified atom stereocenters. The number of amides is 1. The number of nitrogens with zero attached hydrogens (tertiary/aromatic N) is 1. The lowest BCUT2D eigenvalue weighted by atomic mass is 10.1. The normalized spacial score (nSPS) is 11.0. The third kappa shape index (κ3) is 4.05. The van der Waals surface area contributed by atoms with Gasteiger partial charge in [-0.3, -0.25) is 4.79 Å². The van der Waals surface area contributed by atoms with Gasteiger partial charge in [-0.05, 0) is 36.2 Å². The summed E-state index contributed by atoms with van der Waals surface area (Å²) >= 11 is 0. The Hall–Kier alpha value is -3.22.